The van der Waals surface area contributed by atoms with Gasteiger partial charge in [-0.3, -0.25) is 0 Å². The van der Waals surface area contributed by atoms with E-state index in [-0.39, 0.29) is 78.7 Å². The molecule has 0 radical (unpaired) electrons. The van der Waals surface area contributed by atoms with Crippen molar-refractivity contribution in [2.24, 2.45) is 11.8 Å². The summed E-state index contributed by atoms with van der Waals surface area (Å²) in [4.78, 5) is 46.9. The van der Waals surface area contributed by atoms with E-state index in [9.17, 15) is 65.1 Å². The van der Waals surface area contributed by atoms with E-state index in [1.165, 1.54) is 14.0 Å². The normalized spacial score (nSPS) is 41.8. The van der Waals surface area contributed by atoms with E-state index >= 15 is 0 Å². The maximum absolute atomic E-state index is 12.5. The summed E-state index contributed by atoms with van der Waals surface area (Å²) in [5.41, 5.74) is 0. The Kier molecular flexibility index (Phi) is 24.1. The van der Waals surface area contributed by atoms with Crippen molar-refractivity contribution in [3.63, 3.8) is 0 Å². The van der Waals surface area contributed by atoms with Gasteiger partial charge in [0, 0.05) is 25.5 Å². The molecule has 10 N–H and O–H groups in total. The van der Waals surface area contributed by atoms with E-state index in [2.05, 4.69) is 21.9 Å². The van der Waals surface area contributed by atoms with Crippen LogP contribution in [0.25, 0.3) is 0 Å². The second kappa shape index (κ2) is 26.2. The zero-order valence-corrected chi connectivity index (χ0v) is 37.4. The van der Waals surface area contributed by atoms with Crippen LogP contribution in [0.2, 0.25) is 0 Å². The molecule has 4 heterocycles. The van der Waals surface area contributed by atoms with Crippen LogP contribution < -0.4 is 85.3 Å². The van der Waals surface area contributed by atoms with E-state index in [1.807, 2.05) is 0 Å². The minimum atomic E-state index is -2.10. The number of methoxy groups -OCH3 is 1. The molecule has 60 heavy (non-hydrogen) atoms. The number of hydrogen-bond acceptors (Lipinski definition) is 24. The summed E-state index contributed by atoms with van der Waals surface area (Å²) < 4.78 is 45.3. The minimum Gasteiger partial charge on any atom is -0.547 e. The van der Waals surface area contributed by atoms with Gasteiger partial charge >= 0.3 is 59.1 Å². The summed E-state index contributed by atoms with van der Waals surface area (Å²) >= 11 is 0. The first-order chi connectivity index (χ1) is 27.6. The van der Waals surface area contributed by atoms with Crippen molar-refractivity contribution in [2.45, 2.75) is 117 Å². The first-order valence-electron chi connectivity index (χ1n) is 18.3. The van der Waals surface area contributed by atoms with Gasteiger partial charge in [-0.2, -0.15) is 0 Å². The molecule has 4 aliphatic rings. The molecule has 330 valence electrons. The number of carbonyl (C=O) groups is 4. The third-order valence-corrected chi connectivity index (χ3v) is 10.4. The van der Waals surface area contributed by atoms with Crippen LogP contribution in [0.1, 0.15) is 6.92 Å². The molecule has 0 aliphatic carbocycles. The van der Waals surface area contributed by atoms with Crippen molar-refractivity contribution in [1.82, 2.24) is 16.0 Å². The Hall–Kier alpha value is -0.880. The first kappa shape index (κ1) is 55.3. The zero-order chi connectivity index (χ0) is 42.8. The molecule has 0 spiro atoms. The smallest absolute Gasteiger partial charge is 0.547 e. The van der Waals surface area contributed by atoms with Crippen LogP contribution in [0.3, 0.4) is 0 Å². The third-order valence-electron chi connectivity index (χ3n) is 10.4. The Morgan fingerprint density at radius 2 is 1.23 bits per heavy atom. The fourth-order valence-corrected chi connectivity index (χ4v) is 7.25. The number of carboxylic acid groups (broad SMARTS) is 2. The number of aliphatic hydroxyl groups is 7. The molecule has 4 aliphatic heterocycles. The predicted molar refractivity (Wildman–Crippen MR) is 181 cm³/mol. The summed E-state index contributed by atoms with van der Waals surface area (Å²) in [5.74, 6) is -4.13. The Morgan fingerprint density at radius 3 is 1.73 bits per heavy atom. The van der Waals surface area contributed by atoms with Gasteiger partial charge in [-0.25, -0.2) is 0 Å². The summed E-state index contributed by atoms with van der Waals surface area (Å²) in [6.45, 7) is -1.19. The largest absolute Gasteiger partial charge is 1.00 e. The molecule has 0 amide bonds. The molecule has 24 nitrogen and oxygen atoms in total. The molecular formula is C34H51N3Na2O21. The molecule has 0 saturated carbocycles. The SMILES string of the molecule is C#CCNCC1OC(OCC2C(C(=O)[O-])OC(OC3C(O)C(CO)OC(OC)C3NCC=O)C(O)C2O)C(NCC=O)C(OC2OC(C(=O)[O-])C(C)C(O)C2O)C1O.[Na+].[Na+]. The Balaban J connectivity index is 0.00000620. The Labute approximate surface area is 388 Å². The number of carboxylic acids is 2. The van der Waals surface area contributed by atoms with Crippen LogP contribution in [-0.2, 0) is 57.1 Å². The monoisotopic (exact) mass is 883 g/mol. The first-order valence-corrected chi connectivity index (χ1v) is 18.3. The average Bonchev–Trinajstić information content (AvgIpc) is 3.20. The molecule has 0 bridgehead atoms. The third kappa shape index (κ3) is 13.1. The van der Waals surface area contributed by atoms with Gasteiger partial charge in [0.2, 0.25) is 0 Å². The van der Waals surface area contributed by atoms with Gasteiger partial charge in [0.25, 0.3) is 0 Å². The van der Waals surface area contributed by atoms with Crippen molar-refractivity contribution in [1.29, 1.82) is 0 Å². The molecule has 4 saturated heterocycles. The second-order valence-electron chi connectivity index (χ2n) is 14.0. The van der Waals surface area contributed by atoms with Crippen molar-refractivity contribution in [2.75, 3.05) is 46.5 Å². The maximum Gasteiger partial charge on any atom is 1.00 e. The van der Waals surface area contributed by atoms with Crippen LogP contribution in [-0.4, -0.2) is 217 Å². The van der Waals surface area contributed by atoms with Crippen LogP contribution in [0.15, 0.2) is 0 Å². The number of carbonyl (C=O) groups excluding carboxylic acids is 4. The number of nitrogens with one attached hydrogen (secondary N) is 3. The molecule has 0 aromatic heterocycles. The quantitative estimate of drug-likeness (QED) is 0.0235. The fraction of sp³-hybridized carbons (Fsp3) is 0.824. The summed E-state index contributed by atoms with van der Waals surface area (Å²) in [6.07, 6.45) is -21.0. The fourth-order valence-electron chi connectivity index (χ4n) is 7.25. The Bertz CT molecular complexity index is 1410. The number of aliphatic hydroxyl groups excluding tert-OH is 7. The number of rotatable bonds is 20. The van der Waals surface area contributed by atoms with E-state index in [1.54, 1.807) is 0 Å². The number of hydrogen-bond donors (Lipinski definition) is 10. The average molecular weight is 884 g/mol. The standard InChI is InChI=1S/C34H53N3O21.2Na/c1-4-5-35-10-15-21(43)28(58-33-23(45)19(41)13(2)25(55-33)29(47)48)18(37-7-9-39)32(53-15)52-12-14-20(42)24(46)34(56-26(14)30(49)50)57-27-17(36-6-8-38)31(51-3)54-16(11-40)22(27)44;;/h1,8-9,13-28,31-37,40-46H,5-7,10-12H2,2-3H3,(H,47,48)(H,49,50);;/q;2*+1/p-2. The van der Waals surface area contributed by atoms with Gasteiger partial charge in [0.05, 0.1) is 69.1 Å². The van der Waals surface area contributed by atoms with E-state index in [0.717, 1.165) is 0 Å². The Morgan fingerprint density at radius 1 is 0.733 bits per heavy atom. The van der Waals surface area contributed by atoms with Crippen LogP contribution >= 0.6 is 0 Å². The number of aldehydes is 2. The van der Waals surface area contributed by atoms with Gasteiger partial charge in [-0.05, 0) is 0 Å². The van der Waals surface area contributed by atoms with E-state index < -0.39 is 154 Å². The predicted octanol–water partition coefficient (Wildman–Crippen LogP) is -16.2. The molecule has 20 atom stereocenters. The van der Waals surface area contributed by atoms with Gasteiger partial charge in [-0.1, -0.05) is 12.8 Å². The summed E-state index contributed by atoms with van der Waals surface area (Å²) in [5, 5.41) is 108. The van der Waals surface area contributed by atoms with Crippen molar-refractivity contribution >= 4 is 24.5 Å². The van der Waals surface area contributed by atoms with Crippen molar-refractivity contribution in [3.05, 3.63) is 0 Å². The molecule has 0 aromatic rings. The topological polar surface area (TPSA) is 366 Å². The van der Waals surface area contributed by atoms with Gasteiger partial charge < -0.3 is 119 Å². The van der Waals surface area contributed by atoms with E-state index in [4.69, 9.17) is 44.3 Å². The maximum atomic E-state index is 12.5. The zero-order valence-electron chi connectivity index (χ0n) is 33.4. The van der Waals surface area contributed by atoms with Crippen LogP contribution in [0.4, 0.5) is 0 Å². The molecule has 0 aromatic carbocycles. The van der Waals surface area contributed by atoms with Gasteiger partial charge in [-0.15, -0.1) is 6.42 Å². The number of terminal acetylenes is 1. The molecule has 4 fully saturated rings. The summed E-state index contributed by atoms with van der Waals surface area (Å²) in [6, 6.07) is -2.57. The van der Waals surface area contributed by atoms with Gasteiger partial charge in [0.1, 0.15) is 73.6 Å². The molecular weight excluding hydrogens is 832 g/mol. The van der Waals surface area contributed by atoms with Crippen molar-refractivity contribution < 1.29 is 162 Å². The van der Waals surface area contributed by atoms with E-state index in [0.29, 0.717) is 12.6 Å². The van der Waals surface area contributed by atoms with Crippen LogP contribution in [0, 0.1) is 24.2 Å². The van der Waals surface area contributed by atoms with Gasteiger partial charge in [0.15, 0.2) is 25.2 Å². The molecule has 20 unspecified atom stereocenters. The molecule has 4 rings (SSSR count). The van der Waals surface area contributed by atoms with Crippen molar-refractivity contribution in [3.8, 4) is 12.3 Å². The molecule has 26 heteroatoms. The second-order valence-corrected chi connectivity index (χ2v) is 14.0. The summed E-state index contributed by atoms with van der Waals surface area (Å²) in [7, 11) is 1.22. The number of aliphatic carboxylic acids is 2. The minimum absolute atomic E-state index is 0. The van der Waals surface area contributed by atoms with Crippen LogP contribution in [0.5, 0.6) is 0 Å². The number of ether oxygens (including phenoxy) is 8.